The van der Waals surface area contributed by atoms with Crippen LogP contribution in [0, 0.1) is 0 Å². The lowest BCUT2D eigenvalue weighted by atomic mass is 9.83. The van der Waals surface area contributed by atoms with E-state index in [0.717, 1.165) is 0 Å². The summed E-state index contributed by atoms with van der Waals surface area (Å²) in [6.45, 7) is 3.73. The van der Waals surface area contributed by atoms with Crippen molar-refractivity contribution in [2.75, 3.05) is 0 Å². The molecule has 0 amide bonds. The average Bonchev–Trinajstić information content (AvgIpc) is 1.80. The van der Waals surface area contributed by atoms with Gasteiger partial charge in [0.15, 0.2) is 0 Å². The second-order valence-electron chi connectivity index (χ2n) is 3.34. The Labute approximate surface area is 71.9 Å². The summed E-state index contributed by atoms with van der Waals surface area (Å²) in [5.41, 5.74) is 11.6. The summed E-state index contributed by atoms with van der Waals surface area (Å²) in [4.78, 5) is -0.532. The Morgan fingerprint density at radius 1 is 1.45 bits per heavy atom. The second-order valence-corrected chi connectivity index (χ2v) is 4.12. The van der Waals surface area contributed by atoms with Crippen LogP contribution >= 0.6 is 11.6 Å². The van der Waals surface area contributed by atoms with Crippen molar-refractivity contribution in [1.29, 1.82) is 0 Å². The molecule has 0 aromatic rings. The van der Waals surface area contributed by atoms with E-state index in [1.165, 1.54) is 0 Å². The summed E-state index contributed by atoms with van der Waals surface area (Å²) in [5.74, 6) is 0. The maximum Gasteiger partial charge on any atom is 0.0814 e. The summed E-state index contributed by atoms with van der Waals surface area (Å²) >= 11 is 6.12. The fourth-order valence-corrected chi connectivity index (χ4v) is 1.09. The predicted molar refractivity (Wildman–Crippen MR) is 48.3 cm³/mol. The largest absolute Gasteiger partial charge is 0.399 e. The first kappa shape index (κ1) is 8.62. The predicted octanol–water partition coefficient (Wildman–Crippen LogP) is 1.11. The van der Waals surface area contributed by atoms with Gasteiger partial charge in [-0.2, -0.15) is 0 Å². The summed E-state index contributed by atoms with van der Waals surface area (Å²) in [5, 5.41) is 0. The summed E-state index contributed by atoms with van der Waals surface area (Å²) < 4.78 is 0. The highest BCUT2D eigenvalue weighted by Crippen LogP contribution is 2.33. The van der Waals surface area contributed by atoms with Crippen LogP contribution in [0.25, 0.3) is 0 Å². The van der Waals surface area contributed by atoms with Crippen LogP contribution < -0.4 is 11.5 Å². The minimum atomic E-state index is -0.562. The Hall–Kier alpha value is -0.470. The van der Waals surface area contributed by atoms with Crippen LogP contribution in [-0.4, -0.2) is 10.4 Å². The van der Waals surface area contributed by atoms with Gasteiger partial charge in [-0.05, 0) is 26.0 Å². The zero-order chi connectivity index (χ0) is 8.70. The van der Waals surface area contributed by atoms with Crippen molar-refractivity contribution in [2.45, 2.75) is 24.3 Å². The third kappa shape index (κ3) is 1.42. The molecule has 0 aliphatic heterocycles. The van der Waals surface area contributed by atoms with E-state index in [-0.39, 0.29) is 0 Å². The van der Waals surface area contributed by atoms with Gasteiger partial charge in [-0.3, -0.25) is 0 Å². The molecule has 0 saturated carbocycles. The Morgan fingerprint density at radius 3 is 2.36 bits per heavy atom. The first-order chi connectivity index (χ1) is 4.85. The minimum Gasteiger partial charge on any atom is -0.399 e. The van der Waals surface area contributed by atoms with Gasteiger partial charge >= 0.3 is 0 Å². The van der Waals surface area contributed by atoms with Crippen LogP contribution in [-0.2, 0) is 0 Å². The molecule has 0 bridgehead atoms. The molecule has 2 unspecified atom stereocenters. The van der Waals surface area contributed by atoms with E-state index in [1.54, 1.807) is 12.2 Å². The van der Waals surface area contributed by atoms with Crippen LogP contribution in [0.5, 0.6) is 0 Å². The van der Waals surface area contributed by atoms with Crippen molar-refractivity contribution in [3.05, 3.63) is 23.9 Å². The Kier molecular flexibility index (Phi) is 1.77. The Balaban J connectivity index is 3.04. The molecule has 0 heterocycles. The van der Waals surface area contributed by atoms with Crippen molar-refractivity contribution in [3.63, 3.8) is 0 Å². The third-order valence-electron chi connectivity index (χ3n) is 2.11. The first-order valence-electron chi connectivity index (χ1n) is 3.50. The molecule has 0 aromatic heterocycles. The molecule has 0 radical (unpaired) electrons. The zero-order valence-corrected chi connectivity index (χ0v) is 7.52. The number of allylic oxidation sites excluding steroid dienone is 1. The van der Waals surface area contributed by atoms with Crippen molar-refractivity contribution in [2.24, 2.45) is 11.5 Å². The number of alkyl halides is 1. The lowest BCUT2D eigenvalue weighted by Gasteiger charge is -2.37. The second kappa shape index (κ2) is 2.26. The third-order valence-corrected chi connectivity index (χ3v) is 2.64. The molecule has 62 valence electrons. The average molecular weight is 173 g/mol. The Bertz CT molecular complexity index is 226. The molecule has 1 aliphatic carbocycles. The molecule has 2 nitrogen and oxygen atoms in total. The first-order valence-corrected chi connectivity index (χ1v) is 3.88. The quantitative estimate of drug-likeness (QED) is 0.538. The number of hydrogen-bond acceptors (Lipinski definition) is 2. The fourth-order valence-electron chi connectivity index (χ4n) is 0.968. The number of rotatable bonds is 0. The highest BCUT2D eigenvalue weighted by atomic mass is 35.5. The molecule has 11 heavy (non-hydrogen) atoms. The fraction of sp³-hybridized carbons (Fsp3) is 0.500. The van der Waals surface area contributed by atoms with E-state index in [2.05, 4.69) is 0 Å². The van der Waals surface area contributed by atoms with Gasteiger partial charge in [0.2, 0.25) is 0 Å². The molecule has 0 spiro atoms. The normalized spacial score (nSPS) is 43.8. The van der Waals surface area contributed by atoms with Crippen molar-refractivity contribution < 1.29 is 0 Å². The van der Waals surface area contributed by atoms with Gasteiger partial charge in [0.1, 0.15) is 0 Å². The van der Waals surface area contributed by atoms with Crippen LogP contribution in [0.1, 0.15) is 13.8 Å². The molecule has 1 rings (SSSR count). The van der Waals surface area contributed by atoms with Crippen LogP contribution in [0.4, 0.5) is 0 Å². The van der Waals surface area contributed by atoms with Gasteiger partial charge < -0.3 is 11.5 Å². The Morgan fingerprint density at radius 2 is 2.00 bits per heavy atom. The molecule has 0 saturated heterocycles. The number of hydrogen-bond donors (Lipinski definition) is 2. The van der Waals surface area contributed by atoms with E-state index in [0.29, 0.717) is 5.70 Å². The van der Waals surface area contributed by atoms with Crippen LogP contribution in [0.2, 0.25) is 0 Å². The molecular formula is C8H13ClN2. The highest BCUT2D eigenvalue weighted by Gasteiger charge is 2.38. The SMILES string of the molecule is CC1(N)C=C(N)C=CC1(C)Cl. The molecule has 0 aromatic carbocycles. The van der Waals surface area contributed by atoms with E-state index < -0.39 is 10.4 Å². The van der Waals surface area contributed by atoms with E-state index >= 15 is 0 Å². The molecule has 1 aliphatic rings. The van der Waals surface area contributed by atoms with E-state index in [1.807, 2.05) is 19.9 Å². The highest BCUT2D eigenvalue weighted by molar-refractivity contribution is 6.26. The van der Waals surface area contributed by atoms with Crippen molar-refractivity contribution in [1.82, 2.24) is 0 Å². The van der Waals surface area contributed by atoms with Crippen LogP contribution in [0.3, 0.4) is 0 Å². The lowest BCUT2D eigenvalue weighted by molar-refractivity contribution is 0.482. The minimum absolute atomic E-state index is 0.532. The molecule has 3 heteroatoms. The van der Waals surface area contributed by atoms with Gasteiger partial charge in [-0.15, -0.1) is 11.6 Å². The smallest absolute Gasteiger partial charge is 0.0814 e. The number of nitrogens with two attached hydrogens (primary N) is 2. The van der Waals surface area contributed by atoms with Crippen molar-refractivity contribution >= 4 is 11.6 Å². The number of halogens is 1. The standard InChI is InChI=1S/C8H13ClN2/c1-7(9)4-3-6(10)5-8(7,2)11/h3-5H,10-11H2,1-2H3. The maximum absolute atomic E-state index is 6.12. The lowest BCUT2D eigenvalue weighted by Crippen LogP contribution is -2.52. The molecule has 0 fully saturated rings. The summed E-state index contributed by atoms with van der Waals surface area (Å²) in [6, 6.07) is 0. The van der Waals surface area contributed by atoms with Gasteiger partial charge in [-0.25, -0.2) is 0 Å². The van der Waals surface area contributed by atoms with Crippen molar-refractivity contribution in [3.8, 4) is 0 Å². The maximum atomic E-state index is 6.12. The van der Waals surface area contributed by atoms with Crippen LogP contribution in [0.15, 0.2) is 23.9 Å². The summed E-state index contributed by atoms with van der Waals surface area (Å²) in [7, 11) is 0. The zero-order valence-electron chi connectivity index (χ0n) is 6.76. The van der Waals surface area contributed by atoms with Gasteiger partial charge in [0, 0.05) is 5.70 Å². The van der Waals surface area contributed by atoms with Gasteiger partial charge in [0.25, 0.3) is 0 Å². The van der Waals surface area contributed by atoms with E-state index in [9.17, 15) is 0 Å². The molecule has 4 N–H and O–H groups in total. The molecule has 2 atom stereocenters. The van der Waals surface area contributed by atoms with Gasteiger partial charge in [-0.1, -0.05) is 6.08 Å². The van der Waals surface area contributed by atoms with Gasteiger partial charge in [0.05, 0.1) is 10.4 Å². The monoisotopic (exact) mass is 172 g/mol. The molecular weight excluding hydrogens is 160 g/mol. The topological polar surface area (TPSA) is 52.0 Å². The van der Waals surface area contributed by atoms with E-state index in [4.69, 9.17) is 23.1 Å². The summed E-state index contributed by atoms with van der Waals surface area (Å²) in [6.07, 6.45) is 5.38.